The number of benzene rings is 1. The standard InChI is InChI=1S/C19H11ClF4N2O/c20-14-9-12(19(22,23)24)10-26-15(8-11-3-1-4-13(21)7-11)17(25-18(14)26)16-5-2-6-27-16/h1-7,9-10H,8H2. The molecule has 0 spiro atoms. The number of halogens is 5. The number of rotatable bonds is 3. The molecule has 27 heavy (non-hydrogen) atoms. The number of furan rings is 1. The summed E-state index contributed by atoms with van der Waals surface area (Å²) in [6, 6.07) is 9.97. The van der Waals surface area contributed by atoms with Gasteiger partial charge in [-0.05, 0) is 35.9 Å². The van der Waals surface area contributed by atoms with Gasteiger partial charge in [-0.1, -0.05) is 23.7 Å². The third kappa shape index (κ3) is 3.30. The molecule has 3 aromatic heterocycles. The first-order chi connectivity index (χ1) is 12.8. The third-order valence-corrected chi connectivity index (χ3v) is 4.39. The lowest BCUT2D eigenvalue weighted by atomic mass is 10.1. The lowest BCUT2D eigenvalue weighted by molar-refractivity contribution is -0.137. The number of hydrogen-bond acceptors (Lipinski definition) is 2. The number of pyridine rings is 1. The summed E-state index contributed by atoms with van der Waals surface area (Å²) < 4.78 is 59.9. The van der Waals surface area contributed by atoms with Crippen molar-refractivity contribution in [1.82, 2.24) is 9.38 Å². The first-order valence-corrected chi connectivity index (χ1v) is 8.27. The van der Waals surface area contributed by atoms with Gasteiger partial charge in [-0.2, -0.15) is 13.2 Å². The van der Waals surface area contributed by atoms with Crippen LogP contribution in [-0.4, -0.2) is 9.38 Å². The van der Waals surface area contributed by atoms with Crippen molar-refractivity contribution in [3.05, 3.63) is 82.6 Å². The van der Waals surface area contributed by atoms with Crippen LogP contribution in [0.15, 0.2) is 59.3 Å². The first-order valence-electron chi connectivity index (χ1n) is 7.89. The van der Waals surface area contributed by atoms with E-state index in [9.17, 15) is 17.6 Å². The minimum atomic E-state index is -4.57. The summed E-state index contributed by atoms with van der Waals surface area (Å²) in [6.07, 6.45) is -2.04. The van der Waals surface area contributed by atoms with Crippen LogP contribution in [0.1, 0.15) is 16.8 Å². The molecular weight excluding hydrogens is 384 g/mol. The molecule has 0 aliphatic carbocycles. The Morgan fingerprint density at radius 2 is 1.93 bits per heavy atom. The van der Waals surface area contributed by atoms with Crippen molar-refractivity contribution in [2.24, 2.45) is 0 Å². The van der Waals surface area contributed by atoms with Gasteiger partial charge in [-0.15, -0.1) is 0 Å². The number of nitrogens with zero attached hydrogens (tertiary/aromatic N) is 2. The average molecular weight is 395 g/mol. The molecule has 3 nitrogen and oxygen atoms in total. The molecule has 0 aliphatic heterocycles. The normalized spacial score (nSPS) is 12.0. The number of fused-ring (bicyclic) bond motifs is 1. The van der Waals surface area contributed by atoms with Gasteiger partial charge in [0.2, 0.25) is 0 Å². The smallest absolute Gasteiger partial charge is 0.417 e. The van der Waals surface area contributed by atoms with Crippen molar-refractivity contribution in [3.8, 4) is 11.5 Å². The third-order valence-electron chi connectivity index (χ3n) is 4.12. The molecule has 0 fully saturated rings. The molecule has 3 heterocycles. The fraction of sp³-hybridized carbons (Fsp3) is 0.105. The monoisotopic (exact) mass is 394 g/mol. The van der Waals surface area contributed by atoms with E-state index in [-0.39, 0.29) is 17.1 Å². The van der Waals surface area contributed by atoms with E-state index < -0.39 is 17.6 Å². The summed E-state index contributed by atoms with van der Waals surface area (Å²) in [6.45, 7) is 0. The van der Waals surface area contributed by atoms with E-state index in [1.165, 1.54) is 28.9 Å². The lowest BCUT2D eigenvalue weighted by Gasteiger charge is -2.10. The van der Waals surface area contributed by atoms with Crippen molar-refractivity contribution in [1.29, 1.82) is 0 Å². The highest BCUT2D eigenvalue weighted by Gasteiger charge is 2.32. The van der Waals surface area contributed by atoms with Crippen LogP contribution in [0.5, 0.6) is 0 Å². The Kier molecular flexibility index (Phi) is 4.19. The minimum Gasteiger partial charge on any atom is -0.463 e. The molecular formula is C19H11ClF4N2O. The SMILES string of the molecule is Fc1cccc(Cc2c(-c3ccco3)nc3c(Cl)cc(C(F)(F)F)cn23)c1. The number of imidazole rings is 1. The predicted octanol–water partition coefficient (Wildman–Crippen LogP) is 6.00. The highest BCUT2D eigenvalue weighted by Crippen LogP contribution is 2.35. The van der Waals surface area contributed by atoms with Gasteiger partial charge in [0.15, 0.2) is 11.4 Å². The van der Waals surface area contributed by atoms with E-state index in [1.54, 1.807) is 18.2 Å². The van der Waals surface area contributed by atoms with E-state index >= 15 is 0 Å². The largest absolute Gasteiger partial charge is 0.463 e. The van der Waals surface area contributed by atoms with Crippen molar-refractivity contribution in [3.63, 3.8) is 0 Å². The van der Waals surface area contributed by atoms with Crippen molar-refractivity contribution in [2.45, 2.75) is 12.6 Å². The molecule has 0 N–H and O–H groups in total. The van der Waals surface area contributed by atoms with Crippen molar-refractivity contribution < 1.29 is 22.0 Å². The summed E-state index contributed by atoms with van der Waals surface area (Å²) in [7, 11) is 0. The van der Waals surface area contributed by atoms with Crippen molar-refractivity contribution >= 4 is 17.2 Å². The van der Waals surface area contributed by atoms with Crippen molar-refractivity contribution in [2.75, 3.05) is 0 Å². The summed E-state index contributed by atoms with van der Waals surface area (Å²) in [5.41, 5.74) is 0.619. The second-order valence-electron chi connectivity index (χ2n) is 5.96. The van der Waals surface area contributed by atoms with Crippen LogP contribution in [0.4, 0.5) is 17.6 Å². The van der Waals surface area contributed by atoms with Crippen LogP contribution in [0.25, 0.3) is 17.1 Å². The van der Waals surface area contributed by atoms with Gasteiger partial charge in [0.25, 0.3) is 0 Å². The molecule has 0 saturated carbocycles. The van der Waals surface area contributed by atoms with E-state index in [2.05, 4.69) is 4.98 Å². The molecule has 0 amide bonds. The van der Waals surface area contributed by atoms with Crippen LogP contribution < -0.4 is 0 Å². The Bertz CT molecular complexity index is 1120. The summed E-state index contributed by atoms with van der Waals surface area (Å²) in [4.78, 5) is 4.37. The maximum Gasteiger partial charge on any atom is 0.417 e. The summed E-state index contributed by atoms with van der Waals surface area (Å²) >= 11 is 6.07. The second kappa shape index (κ2) is 6.42. The first kappa shape index (κ1) is 17.6. The van der Waals surface area contributed by atoms with E-state index in [0.717, 1.165) is 12.3 Å². The zero-order valence-corrected chi connectivity index (χ0v) is 14.4. The number of alkyl halides is 3. The highest BCUT2D eigenvalue weighted by atomic mass is 35.5. The van der Waals surface area contributed by atoms with E-state index in [4.69, 9.17) is 16.0 Å². The molecule has 4 rings (SSSR count). The Balaban J connectivity index is 1.97. The zero-order valence-electron chi connectivity index (χ0n) is 13.6. The molecule has 138 valence electrons. The Hall–Kier alpha value is -2.80. The van der Waals surface area contributed by atoms with Gasteiger partial charge >= 0.3 is 6.18 Å². The zero-order chi connectivity index (χ0) is 19.2. The van der Waals surface area contributed by atoms with Gasteiger partial charge in [0.05, 0.1) is 22.5 Å². The average Bonchev–Trinajstić information content (AvgIpc) is 3.22. The maximum atomic E-state index is 13.6. The quantitative estimate of drug-likeness (QED) is 0.399. The Morgan fingerprint density at radius 1 is 1.11 bits per heavy atom. The molecule has 0 aliphatic rings. The molecule has 1 aromatic carbocycles. The van der Waals surface area contributed by atoms with Crippen LogP contribution >= 0.6 is 11.6 Å². The minimum absolute atomic E-state index is 0.136. The van der Waals surface area contributed by atoms with Gasteiger partial charge in [-0.3, -0.25) is 0 Å². The molecule has 0 unspecified atom stereocenters. The van der Waals surface area contributed by atoms with E-state index in [1.807, 2.05) is 0 Å². The fourth-order valence-electron chi connectivity index (χ4n) is 2.93. The van der Waals surface area contributed by atoms with Gasteiger partial charge in [-0.25, -0.2) is 9.37 Å². The van der Waals surface area contributed by atoms with Crippen LogP contribution in [0, 0.1) is 5.82 Å². The molecule has 0 radical (unpaired) electrons. The van der Waals surface area contributed by atoms with Gasteiger partial charge in [0, 0.05) is 12.6 Å². The Labute approximate surface area is 155 Å². The maximum absolute atomic E-state index is 13.6. The Morgan fingerprint density at radius 3 is 2.59 bits per heavy atom. The summed E-state index contributed by atoms with van der Waals surface area (Å²) in [5, 5.41) is -0.136. The van der Waals surface area contributed by atoms with Crippen LogP contribution in [-0.2, 0) is 12.6 Å². The van der Waals surface area contributed by atoms with Gasteiger partial charge in [0.1, 0.15) is 11.5 Å². The van der Waals surface area contributed by atoms with Gasteiger partial charge < -0.3 is 8.82 Å². The van der Waals surface area contributed by atoms with E-state index in [0.29, 0.717) is 22.7 Å². The molecule has 4 aromatic rings. The lowest BCUT2D eigenvalue weighted by Crippen LogP contribution is -2.08. The number of aromatic nitrogens is 2. The van der Waals surface area contributed by atoms with Crippen LogP contribution in [0.3, 0.4) is 0 Å². The predicted molar refractivity (Wildman–Crippen MR) is 92.1 cm³/mol. The number of hydrogen-bond donors (Lipinski definition) is 0. The summed E-state index contributed by atoms with van der Waals surface area (Å²) in [5.74, 6) is -0.0513. The molecule has 0 saturated heterocycles. The molecule has 0 atom stereocenters. The fourth-order valence-corrected chi connectivity index (χ4v) is 3.18. The second-order valence-corrected chi connectivity index (χ2v) is 6.37. The van der Waals surface area contributed by atoms with Crippen LogP contribution in [0.2, 0.25) is 5.02 Å². The molecule has 8 heteroatoms. The topological polar surface area (TPSA) is 30.4 Å². The molecule has 0 bridgehead atoms. The highest BCUT2D eigenvalue weighted by molar-refractivity contribution is 6.33.